The summed E-state index contributed by atoms with van der Waals surface area (Å²) in [4.78, 5) is 21.5. The van der Waals surface area contributed by atoms with Crippen molar-refractivity contribution in [2.45, 2.75) is 117 Å². The molecule has 1 saturated carbocycles. The predicted octanol–water partition coefficient (Wildman–Crippen LogP) is 9.20. The van der Waals surface area contributed by atoms with Crippen LogP contribution in [-0.4, -0.2) is 22.5 Å². The zero-order valence-corrected chi connectivity index (χ0v) is 24.1. The van der Waals surface area contributed by atoms with Crippen molar-refractivity contribution in [1.82, 2.24) is 9.97 Å². The number of ether oxygens (including phenoxy) is 2. The molecule has 1 aliphatic carbocycles. The molecule has 0 N–H and O–H groups in total. The van der Waals surface area contributed by atoms with E-state index in [1.807, 2.05) is 24.3 Å². The quantitative estimate of drug-likeness (QED) is 0.153. The van der Waals surface area contributed by atoms with Crippen LogP contribution in [0, 0.1) is 17.8 Å². The maximum absolute atomic E-state index is 12.7. The Hall–Kier alpha value is -2.43. The maximum Gasteiger partial charge on any atom is 0.314 e. The lowest BCUT2D eigenvalue weighted by atomic mass is 9.79. The summed E-state index contributed by atoms with van der Waals surface area (Å²) in [5.41, 5.74) is 0.915. The third-order valence-corrected chi connectivity index (χ3v) is 7.80. The van der Waals surface area contributed by atoms with Crippen molar-refractivity contribution >= 4 is 5.97 Å². The van der Waals surface area contributed by atoms with Gasteiger partial charge in [0, 0.05) is 5.56 Å². The van der Waals surface area contributed by atoms with E-state index in [0.29, 0.717) is 11.6 Å². The molecule has 0 bridgehead atoms. The smallest absolute Gasteiger partial charge is 0.314 e. The summed E-state index contributed by atoms with van der Waals surface area (Å²) in [7, 11) is 0. The van der Waals surface area contributed by atoms with Crippen LogP contribution in [0.15, 0.2) is 36.7 Å². The summed E-state index contributed by atoms with van der Waals surface area (Å²) in [5.74, 6) is 3.30. The van der Waals surface area contributed by atoms with Gasteiger partial charge in [0.1, 0.15) is 5.75 Å². The van der Waals surface area contributed by atoms with Gasteiger partial charge in [-0.1, -0.05) is 85.0 Å². The van der Waals surface area contributed by atoms with Gasteiger partial charge < -0.3 is 9.47 Å². The molecule has 1 heterocycles. The summed E-state index contributed by atoms with van der Waals surface area (Å²) >= 11 is 0. The minimum Gasteiger partial charge on any atom is -0.494 e. The topological polar surface area (TPSA) is 61.3 Å². The van der Waals surface area contributed by atoms with Gasteiger partial charge >= 0.3 is 5.97 Å². The lowest BCUT2D eigenvalue weighted by Gasteiger charge is -2.27. The number of hydrogen-bond acceptors (Lipinski definition) is 5. The average molecular weight is 523 g/mol. The first-order valence-corrected chi connectivity index (χ1v) is 15.3. The SMILES string of the molecule is CCCCCCCCCCOc1ccc(-c2ncc(OC(=O)C3CCC(CCCC(C)C)CC3)cn2)cc1. The molecule has 3 rings (SSSR count). The predicted molar refractivity (Wildman–Crippen MR) is 155 cm³/mol. The van der Waals surface area contributed by atoms with Gasteiger partial charge in [0.15, 0.2) is 11.6 Å². The highest BCUT2D eigenvalue weighted by molar-refractivity contribution is 5.75. The van der Waals surface area contributed by atoms with Crippen molar-refractivity contribution in [1.29, 1.82) is 0 Å². The molecule has 0 amide bonds. The zero-order chi connectivity index (χ0) is 27.0. The van der Waals surface area contributed by atoms with Crippen LogP contribution >= 0.6 is 0 Å². The number of carbonyl (C=O) groups excluding carboxylic acids is 1. The van der Waals surface area contributed by atoms with E-state index >= 15 is 0 Å². The summed E-state index contributed by atoms with van der Waals surface area (Å²) in [6.45, 7) is 7.58. The molecule has 0 unspecified atom stereocenters. The Morgan fingerprint density at radius 3 is 2.11 bits per heavy atom. The highest BCUT2D eigenvalue weighted by Crippen LogP contribution is 2.33. The maximum atomic E-state index is 12.7. The number of carbonyl (C=O) groups is 1. The number of aromatic nitrogens is 2. The molecule has 0 radical (unpaired) electrons. The van der Waals surface area contributed by atoms with E-state index < -0.39 is 0 Å². The standard InChI is InChI=1S/C33H50N2O3/c1-4-5-6-7-8-9-10-11-23-37-30-21-19-28(20-22-30)32-34-24-31(25-35-32)38-33(36)29-17-15-27(16-18-29)14-12-13-26(2)3/h19-22,24-27,29H,4-18,23H2,1-3H3. The van der Waals surface area contributed by atoms with Crippen LogP contribution in [0.3, 0.4) is 0 Å². The highest BCUT2D eigenvalue weighted by Gasteiger charge is 2.27. The molecule has 0 spiro atoms. The van der Waals surface area contributed by atoms with E-state index in [2.05, 4.69) is 30.7 Å². The van der Waals surface area contributed by atoms with Gasteiger partial charge in [-0.25, -0.2) is 9.97 Å². The van der Waals surface area contributed by atoms with Gasteiger partial charge in [0.2, 0.25) is 0 Å². The van der Waals surface area contributed by atoms with Crippen molar-refractivity contribution in [3.8, 4) is 22.9 Å². The van der Waals surface area contributed by atoms with Crippen molar-refractivity contribution in [2.75, 3.05) is 6.61 Å². The fourth-order valence-corrected chi connectivity index (χ4v) is 5.35. The Morgan fingerprint density at radius 1 is 0.842 bits per heavy atom. The van der Waals surface area contributed by atoms with Gasteiger partial charge in [-0.2, -0.15) is 0 Å². The lowest BCUT2D eigenvalue weighted by Crippen LogP contribution is -2.25. The second kappa shape index (κ2) is 17.2. The van der Waals surface area contributed by atoms with Gasteiger partial charge in [-0.3, -0.25) is 4.79 Å². The van der Waals surface area contributed by atoms with Gasteiger partial charge in [0.05, 0.1) is 24.9 Å². The molecular formula is C33H50N2O3. The minimum absolute atomic E-state index is 0.00522. The number of benzene rings is 1. The van der Waals surface area contributed by atoms with E-state index in [0.717, 1.165) is 61.9 Å². The molecular weight excluding hydrogens is 472 g/mol. The first-order valence-electron chi connectivity index (χ1n) is 15.3. The van der Waals surface area contributed by atoms with E-state index in [-0.39, 0.29) is 11.9 Å². The average Bonchev–Trinajstić information content (AvgIpc) is 2.93. The van der Waals surface area contributed by atoms with Gasteiger partial charge in [0.25, 0.3) is 0 Å². The molecule has 5 heteroatoms. The largest absolute Gasteiger partial charge is 0.494 e. The first kappa shape index (κ1) is 30.1. The molecule has 0 aliphatic heterocycles. The molecule has 1 fully saturated rings. The van der Waals surface area contributed by atoms with Crippen LogP contribution in [0.4, 0.5) is 0 Å². The lowest BCUT2D eigenvalue weighted by molar-refractivity contribution is -0.140. The van der Waals surface area contributed by atoms with Crippen LogP contribution < -0.4 is 9.47 Å². The molecule has 1 aromatic carbocycles. The van der Waals surface area contributed by atoms with Gasteiger partial charge in [-0.05, 0) is 68.2 Å². The number of unbranched alkanes of at least 4 members (excludes halogenated alkanes) is 7. The summed E-state index contributed by atoms with van der Waals surface area (Å²) in [6.07, 6.45) is 21.6. The molecule has 1 aromatic heterocycles. The Balaban J connectivity index is 1.34. The van der Waals surface area contributed by atoms with Crippen molar-refractivity contribution in [2.24, 2.45) is 17.8 Å². The summed E-state index contributed by atoms with van der Waals surface area (Å²) < 4.78 is 11.5. The van der Waals surface area contributed by atoms with E-state index in [1.165, 1.54) is 64.2 Å². The molecule has 0 saturated heterocycles. The fraction of sp³-hybridized carbons (Fsp3) is 0.667. The Bertz CT molecular complexity index is 903. The van der Waals surface area contributed by atoms with Crippen LogP contribution in [0.25, 0.3) is 11.4 Å². The second-order valence-electron chi connectivity index (χ2n) is 11.6. The summed E-state index contributed by atoms with van der Waals surface area (Å²) in [6, 6.07) is 7.89. The number of esters is 1. The Kier molecular flexibility index (Phi) is 13.6. The summed E-state index contributed by atoms with van der Waals surface area (Å²) in [5, 5.41) is 0. The Morgan fingerprint density at radius 2 is 1.47 bits per heavy atom. The molecule has 2 aromatic rings. The molecule has 38 heavy (non-hydrogen) atoms. The van der Waals surface area contributed by atoms with E-state index in [9.17, 15) is 4.79 Å². The zero-order valence-electron chi connectivity index (χ0n) is 24.1. The fourth-order valence-electron chi connectivity index (χ4n) is 5.35. The van der Waals surface area contributed by atoms with Crippen LogP contribution in [0.5, 0.6) is 11.5 Å². The number of rotatable bonds is 17. The van der Waals surface area contributed by atoms with Crippen LogP contribution in [0.1, 0.15) is 117 Å². The van der Waals surface area contributed by atoms with Gasteiger partial charge in [-0.15, -0.1) is 0 Å². The van der Waals surface area contributed by atoms with E-state index in [1.54, 1.807) is 12.4 Å². The van der Waals surface area contributed by atoms with Crippen LogP contribution in [-0.2, 0) is 4.79 Å². The number of hydrogen-bond donors (Lipinski definition) is 0. The highest BCUT2D eigenvalue weighted by atomic mass is 16.5. The molecule has 0 atom stereocenters. The third kappa shape index (κ3) is 11.1. The first-order chi connectivity index (χ1) is 18.5. The second-order valence-corrected chi connectivity index (χ2v) is 11.6. The molecule has 1 aliphatic rings. The Labute approximate surface area is 231 Å². The van der Waals surface area contributed by atoms with Crippen molar-refractivity contribution in [3.63, 3.8) is 0 Å². The molecule has 5 nitrogen and oxygen atoms in total. The van der Waals surface area contributed by atoms with Crippen LogP contribution in [0.2, 0.25) is 0 Å². The minimum atomic E-state index is -0.139. The van der Waals surface area contributed by atoms with Crippen molar-refractivity contribution < 1.29 is 14.3 Å². The number of nitrogens with zero attached hydrogens (tertiary/aromatic N) is 2. The van der Waals surface area contributed by atoms with E-state index in [4.69, 9.17) is 9.47 Å². The molecule has 210 valence electrons. The van der Waals surface area contributed by atoms with Crippen molar-refractivity contribution in [3.05, 3.63) is 36.7 Å². The monoisotopic (exact) mass is 522 g/mol. The third-order valence-electron chi connectivity index (χ3n) is 7.80. The normalized spacial score (nSPS) is 17.5.